The lowest BCUT2D eigenvalue weighted by atomic mass is 10.00. The number of nitrogens with one attached hydrogen (secondary N) is 1. The summed E-state index contributed by atoms with van der Waals surface area (Å²) in [5, 5.41) is 16.4. The van der Waals surface area contributed by atoms with Crippen molar-refractivity contribution in [2.75, 3.05) is 13.2 Å². The van der Waals surface area contributed by atoms with Gasteiger partial charge in [0.2, 0.25) is 0 Å². The minimum atomic E-state index is -0.0371. The maximum Gasteiger partial charge on any atom is 0.317 e. The summed E-state index contributed by atoms with van der Waals surface area (Å²) in [5.74, 6) is 0. The highest BCUT2D eigenvalue weighted by Gasteiger charge is 2.25. The number of carbonyl (C=O) groups excluding carboxylic acids is 1. The van der Waals surface area contributed by atoms with Crippen molar-refractivity contribution in [3.8, 4) is 11.1 Å². The van der Waals surface area contributed by atoms with Gasteiger partial charge in [-0.05, 0) is 42.9 Å². The summed E-state index contributed by atoms with van der Waals surface area (Å²) in [7, 11) is 1.90. The Morgan fingerprint density at radius 1 is 1.36 bits per heavy atom. The molecule has 0 saturated carbocycles. The first-order valence-electron chi connectivity index (χ1n) is 8.90. The highest BCUT2D eigenvalue weighted by atomic mass is 16.3. The lowest BCUT2D eigenvalue weighted by molar-refractivity contribution is 0.131. The molecule has 0 radical (unpaired) electrons. The summed E-state index contributed by atoms with van der Waals surface area (Å²) in [6.07, 6.45) is 7.61. The van der Waals surface area contributed by atoms with Crippen LogP contribution in [0.3, 0.4) is 0 Å². The fourth-order valence-corrected chi connectivity index (χ4v) is 3.43. The molecule has 1 atom stereocenters. The summed E-state index contributed by atoms with van der Waals surface area (Å²) >= 11 is 0. The van der Waals surface area contributed by atoms with E-state index in [-0.39, 0.29) is 18.7 Å². The average molecular weight is 342 g/mol. The minimum absolute atomic E-state index is 0.0371. The van der Waals surface area contributed by atoms with Crippen molar-refractivity contribution in [3.63, 3.8) is 0 Å². The molecule has 1 unspecified atom stereocenters. The number of carbonyl (C=O) groups is 1. The van der Waals surface area contributed by atoms with Crippen molar-refractivity contribution in [2.24, 2.45) is 7.05 Å². The van der Waals surface area contributed by atoms with Gasteiger partial charge in [-0.1, -0.05) is 18.2 Å². The summed E-state index contributed by atoms with van der Waals surface area (Å²) in [4.78, 5) is 14.4. The van der Waals surface area contributed by atoms with Gasteiger partial charge in [-0.2, -0.15) is 5.10 Å². The number of likely N-dealkylation sites (tertiary alicyclic amines) is 1. The molecule has 2 heterocycles. The molecule has 2 amide bonds. The van der Waals surface area contributed by atoms with E-state index in [9.17, 15) is 9.90 Å². The lowest BCUT2D eigenvalue weighted by Crippen LogP contribution is -2.48. The van der Waals surface area contributed by atoms with Crippen LogP contribution in [0.4, 0.5) is 4.79 Å². The Morgan fingerprint density at radius 2 is 2.24 bits per heavy atom. The number of rotatable bonds is 5. The van der Waals surface area contributed by atoms with Crippen molar-refractivity contribution < 1.29 is 9.90 Å². The molecule has 0 spiro atoms. The normalized spacial score (nSPS) is 17.5. The van der Waals surface area contributed by atoms with Crippen LogP contribution in [0.15, 0.2) is 36.7 Å². The molecular weight excluding hydrogens is 316 g/mol. The standard InChI is InChI=1S/C19H26N4O2/c1-22-14-17(13-21-22)16-6-4-5-15(11-16)12-20-19(25)23-9-3-2-7-18(23)8-10-24/h4-6,11,13-14,18,24H,2-3,7-10,12H2,1H3,(H,20,25). The van der Waals surface area contributed by atoms with Crippen LogP contribution < -0.4 is 5.32 Å². The minimum Gasteiger partial charge on any atom is -0.396 e. The smallest absolute Gasteiger partial charge is 0.317 e. The number of nitrogens with zero attached hydrogens (tertiary/aromatic N) is 3. The summed E-state index contributed by atoms with van der Waals surface area (Å²) < 4.78 is 1.78. The van der Waals surface area contributed by atoms with Crippen molar-refractivity contribution in [1.29, 1.82) is 0 Å². The fraction of sp³-hybridized carbons (Fsp3) is 0.474. The number of amides is 2. The zero-order valence-corrected chi connectivity index (χ0v) is 14.7. The Bertz CT molecular complexity index is 711. The molecule has 6 nitrogen and oxygen atoms in total. The molecule has 1 aliphatic heterocycles. The van der Waals surface area contributed by atoms with E-state index in [0.717, 1.165) is 42.5 Å². The molecule has 134 valence electrons. The Morgan fingerprint density at radius 3 is 3.00 bits per heavy atom. The van der Waals surface area contributed by atoms with Gasteiger partial charge in [0, 0.05) is 44.5 Å². The zero-order chi connectivity index (χ0) is 17.6. The van der Waals surface area contributed by atoms with E-state index in [4.69, 9.17) is 0 Å². The number of aryl methyl sites for hydroxylation is 1. The molecule has 1 aliphatic rings. The fourth-order valence-electron chi connectivity index (χ4n) is 3.43. The van der Waals surface area contributed by atoms with Crippen LogP contribution in [0, 0.1) is 0 Å². The first-order valence-corrected chi connectivity index (χ1v) is 8.90. The van der Waals surface area contributed by atoms with Gasteiger partial charge in [-0.15, -0.1) is 0 Å². The molecule has 2 N–H and O–H groups in total. The van der Waals surface area contributed by atoms with E-state index < -0.39 is 0 Å². The summed E-state index contributed by atoms with van der Waals surface area (Å²) in [5.41, 5.74) is 3.22. The number of hydrogen-bond donors (Lipinski definition) is 2. The van der Waals surface area contributed by atoms with Crippen LogP contribution in [0.1, 0.15) is 31.2 Å². The van der Waals surface area contributed by atoms with Gasteiger partial charge < -0.3 is 15.3 Å². The van der Waals surface area contributed by atoms with Crippen LogP contribution in [0.5, 0.6) is 0 Å². The maximum absolute atomic E-state index is 12.5. The van der Waals surface area contributed by atoms with Gasteiger partial charge in [0.25, 0.3) is 0 Å². The van der Waals surface area contributed by atoms with Gasteiger partial charge in [-0.3, -0.25) is 4.68 Å². The van der Waals surface area contributed by atoms with E-state index >= 15 is 0 Å². The van der Waals surface area contributed by atoms with Gasteiger partial charge >= 0.3 is 6.03 Å². The highest BCUT2D eigenvalue weighted by molar-refractivity contribution is 5.74. The average Bonchev–Trinajstić information content (AvgIpc) is 3.07. The molecule has 6 heteroatoms. The SMILES string of the molecule is Cn1cc(-c2cccc(CNC(=O)N3CCCCC3CCO)c2)cn1. The molecule has 1 aromatic heterocycles. The van der Waals surface area contributed by atoms with Crippen LogP contribution in [-0.2, 0) is 13.6 Å². The molecule has 2 aromatic rings. The predicted molar refractivity (Wildman–Crippen MR) is 96.9 cm³/mol. The Balaban J connectivity index is 1.62. The van der Waals surface area contributed by atoms with Gasteiger partial charge in [0.15, 0.2) is 0 Å². The van der Waals surface area contributed by atoms with Crippen LogP contribution in [-0.4, -0.2) is 45.0 Å². The number of piperidine rings is 1. The number of aliphatic hydroxyl groups is 1. The topological polar surface area (TPSA) is 70.4 Å². The largest absolute Gasteiger partial charge is 0.396 e. The molecule has 0 aliphatic carbocycles. The van der Waals surface area contributed by atoms with Gasteiger partial charge in [0.05, 0.1) is 6.20 Å². The van der Waals surface area contributed by atoms with Crippen molar-refractivity contribution >= 4 is 6.03 Å². The summed E-state index contributed by atoms with van der Waals surface area (Å²) in [6, 6.07) is 8.26. The van der Waals surface area contributed by atoms with Crippen LogP contribution in [0.25, 0.3) is 11.1 Å². The van der Waals surface area contributed by atoms with E-state index in [1.807, 2.05) is 42.5 Å². The quantitative estimate of drug-likeness (QED) is 0.877. The van der Waals surface area contributed by atoms with E-state index in [1.54, 1.807) is 4.68 Å². The second-order valence-corrected chi connectivity index (χ2v) is 6.62. The first-order chi connectivity index (χ1) is 12.2. The predicted octanol–water partition coefficient (Wildman–Crippen LogP) is 2.53. The van der Waals surface area contributed by atoms with E-state index in [0.29, 0.717) is 13.0 Å². The van der Waals surface area contributed by atoms with E-state index in [1.165, 1.54) is 0 Å². The number of urea groups is 1. The lowest BCUT2D eigenvalue weighted by Gasteiger charge is -2.35. The Kier molecular flexibility index (Phi) is 5.71. The first kappa shape index (κ1) is 17.5. The molecule has 25 heavy (non-hydrogen) atoms. The second-order valence-electron chi connectivity index (χ2n) is 6.62. The monoisotopic (exact) mass is 342 g/mol. The number of hydrogen-bond acceptors (Lipinski definition) is 3. The second kappa shape index (κ2) is 8.16. The molecule has 1 fully saturated rings. The molecule has 1 aromatic carbocycles. The van der Waals surface area contributed by atoms with Gasteiger partial charge in [0.1, 0.15) is 0 Å². The maximum atomic E-state index is 12.5. The number of aliphatic hydroxyl groups excluding tert-OH is 1. The highest BCUT2D eigenvalue weighted by Crippen LogP contribution is 2.21. The van der Waals surface area contributed by atoms with Crippen molar-refractivity contribution in [3.05, 3.63) is 42.2 Å². The van der Waals surface area contributed by atoms with Gasteiger partial charge in [-0.25, -0.2) is 4.79 Å². The zero-order valence-electron chi connectivity index (χ0n) is 14.7. The Labute approximate surface area is 148 Å². The molecule has 1 saturated heterocycles. The molecule has 0 bridgehead atoms. The molecule has 3 rings (SSSR count). The third kappa shape index (κ3) is 4.39. The third-order valence-electron chi connectivity index (χ3n) is 4.76. The number of benzene rings is 1. The van der Waals surface area contributed by atoms with Crippen LogP contribution >= 0.6 is 0 Å². The Hall–Kier alpha value is -2.34. The number of aromatic nitrogens is 2. The van der Waals surface area contributed by atoms with Crippen molar-refractivity contribution in [2.45, 2.75) is 38.3 Å². The van der Waals surface area contributed by atoms with Crippen LogP contribution in [0.2, 0.25) is 0 Å². The van der Waals surface area contributed by atoms with Crippen molar-refractivity contribution in [1.82, 2.24) is 20.0 Å². The molecular formula is C19H26N4O2. The summed E-state index contributed by atoms with van der Waals surface area (Å²) in [6.45, 7) is 1.39. The van der Waals surface area contributed by atoms with E-state index in [2.05, 4.69) is 16.5 Å². The third-order valence-corrected chi connectivity index (χ3v) is 4.76.